The second-order valence-electron chi connectivity index (χ2n) is 6.38. The molecule has 3 rings (SSSR count). The summed E-state index contributed by atoms with van der Waals surface area (Å²) in [5.74, 6) is 1.24. The van der Waals surface area contributed by atoms with Gasteiger partial charge in [0.1, 0.15) is 10.0 Å². The third-order valence-electron chi connectivity index (χ3n) is 3.88. The molecular formula is C20H25N5S2. The van der Waals surface area contributed by atoms with E-state index in [9.17, 15) is 0 Å². The Morgan fingerprint density at radius 1 is 1.07 bits per heavy atom. The molecule has 2 N–H and O–H groups in total. The standard InChI is InChI=1S/C20H25N5S2/c1-4-21-20(23-11-18-25-17(13-26-18)14(2)3)22-10-16-12-27-19(24-16)15-8-6-5-7-9-15/h5-9,12-14H,4,10-11H2,1-3H3,(H2,21,22,23). The monoisotopic (exact) mass is 399 g/mol. The number of rotatable bonds is 7. The van der Waals surface area contributed by atoms with E-state index in [1.807, 2.05) is 18.2 Å². The normalized spacial score (nSPS) is 11.8. The van der Waals surface area contributed by atoms with Crippen LogP contribution < -0.4 is 10.6 Å². The molecule has 0 radical (unpaired) electrons. The minimum atomic E-state index is 0.459. The van der Waals surface area contributed by atoms with E-state index in [1.165, 1.54) is 0 Å². The van der Waals surface area contributed by atoms with E-state index < -0.39 is 0 Å². The Labute approximate surface area is 168 Å². The molecule has 2 heterocycles. The highest BCUT2D eigenvalue weighted by Crippen LogP contribution is 2.23. The van der Waals surface area contributed by atoms with Crippen molar-refractivity contribution in [2.75, 3.05) is 6.54 Å². The summed E-state index contributed by atoms with van der Waals surface area (Å²) in [5.41, 5.74) is 3.27. The summed E-state index contributed by atoms with van der Waals surface area (Å²) in [6.07, 6.45) is 0. The predicted octanol–water partition coefficient (Wildman–Crippen LogP) is 4.65. The zero-order chi connectivity index (χ0) is 19.1. The number of guanidine groups is 1. The lowest BCUT2D eigenvalue weighted by Gasteiger charge is -2.09. The van der Waals surface area contributed by atoms with E-state index >= 15 is 0 Å². The first-order valence-electron chi connectivity index (χ1n) is 9.12. The maximum atomic E-state index is 4.70. The van der Waals surface area contributed by atoms with Gasteiger partial charge in [-0.15, -0.1) is 22.7 Å². The van der Waals surface area contributed by atoms with E-state index in [0.717, 1.165) is 39.5 Å². The molecule has 0 amide bonds. The minimum absolute atomic E-state index is 0.459. The van der Waals surface area contributed by atoms with Crippen LogP contribution in [0.4, 0.5) is 0 Å². The zero-order valence-corrected chi connectivity index (χ0v) is 17.5. The highest BCUT2D eigenvalue weighted by atomic mass is 32.1. The van der Waals surface area contributed by atoms with Gasteiger partial charge in [-0.25, -0.2) is 15.0 Å². The van der Waals surface area contributed by atoms with Gasteiger partial charge in [-0.3, -0.25) is 0 Å². The summed E-state index contributed by atoms with van der Waals surface area (Å²) in [4.78, 5) is 14.0. The molecule has 5 nitrogen and oxygen atoms in total. The maximum Gasteiger partial charge on any atom is 0.191 e. The number of benzene rings is 1. The van der Waals surface area contributed by atoms with E-state index in [-0.39, 0.29) is 0 Å². The number of aliphatic imine (C=N–C) groups is 1. The van der Waals surface area contributed by atoms with Crippen molar-refractivity contribution in [3.05, 3.63) is 57.5 Å². The third kappa shape index (κ3) is 5.61. The van der Waals surface area contributed by atoms with Crippen LogP contribution in [0, 0.1) is 0 Å². The molecule has 27 heavy (non-hydrogen) atoms. The van der Waals surface area contributed by atoms with Crippen LogP contribution in [0.3, 0.4) is 0 Å². The van der Waals surface area contributed by atoms with Crippen LogP contribution in [0.1, 0.15) is 43.1 Å². The Morgan fingerprint density at radius 2 is 1.89 bits per heavy atom. The van der Waals surface area contributed by atoms with Crippen LogP contribution in [-0.4, -0.2) is 22.5 Å². The van der Waals surface area contributed by atoms with Crippen LogP contribution in [-0.2, 0) is 13.1 Å². The molecule has 1 aromatic carbocycles. The molecule has 0 saturated carbocycles. The Kier molecular flexibility index (Phi) is 6.95. The van der Waals surface area contributed by atoms with Gasteiger partial charge in [0.05, 0.1) is 24.5 Å². The Balaban J connectivity index is 1.61. The molecule has 0 aliphatic rings. The lowest BCUT2D eigenvalue weighted by atomic mass is 10.2. The van der Waals surface area contributed by atoms with Gasteiger partial charge >= 0.3 is 0 Å². The number of thiazole rings is 2. The number of aromatic nitrogens is 2. The van der Waals surface area contributed by atoms with Crippen molar-refractivity contribution in [3.8, 4) is 10.6 Å². The third-order valence-corrected chi connectivity index (χ3v) is 5.69. The van der Waals surface area contributed by atoms with Crippen molar-refractivity contribution in [3.63, 3.8) is 0 Å². The average Bonchev–Trinajstić information content (AvgIpc) is 3.34. The van der Waals surface area contributed by atoms with Crippen molar-refractivity contribution in [1.29, 1.82) is 0 Å². The van der Waals surface area contributed by atoms with Gasteiger partial charge < -0.3 is 10.6 Å². The summed E-state index contributed by atoms with van der Waals surface area (Å²) in [7, 11) is 0. The minimum Gasteiger partial charge on any atom is -0.357 e. The van der Waals surface area contributed by atoms with Crippen molar-refractivity contribution in [2.24, 2.45) is 4.99 Å². The van der Waals surface area contributed by atoms with Crippen molar-refractivity contribution in [2.45, 2.75) is 39.8 Å². The predicted molar refractivity (Wildman–Crippen MR) is 115 cm³/mol. The van der Waals surface area contributed by atoms with Crippen molar-refractivity contribution >= 4 is 28.6 Å². The van der Waals surface area contributed by atoms with Gasteiger partial charge in [0.2, 0.25) is 0 Å². The lowest BCUT2D eigenvalue weighted by Crippen LogP contribution is -2.36. The first kappa shape index (κ1) is 19.5. The van der Waals surface area contributed by atoms with Gasteiger partial charge in [0.15, 0.2) is 5.96 Å². The molecule has 0 bridgehead atoms. The maximum absolute atomic E-state index is 4.70. The van der Waals surface area contributed by atoms with Gasteiger partial charge in [0.25, 0.3) is 0 Å². The van der Waals surface area contributed by atoms with Gasteiger partial charge in [-0.2, -0.15) is 0 Å². The van der Waals surface area contributed by atoms with Crippen LogP contribution in [0.25, 0.3) is 10.6 Å². The molecule has 3 aromatic rings. The van der Waals surface area contributed by atoms with E-state index in [1.54, 1.807) is 22.7 Å². The zero-order valence-electron chi connectivity index (χ0n) is 15.9. The summed E-state index contributed by atoms with van der Waals surface area (Å²) in [5, 5.41) is 13.0. The van der Waals surface area contributed by atoms with E-state index in [4.69, 9.17) is 4.98 Å². The number of nitrogens with zero attached hydrogens (tertiary/aromatic N) is 3. The molecule has 0 fully saturated rings. The Bertz CT molecular complexity index is 867. The Morgan fingerprint density at radius 3 is 2.59 bits per heavy atom. The molecule has 0 aliphatic heterocycles. The number of hydrogen-bond acceptors (Lipinski definition) is 5. The van der Waals surface area contributed by atoms with Crippen LogP contribution in [0.2, 0.25) is 0 Å². The van der Waals surface area contributed by atoms with Crippen molar-refractivity contribution in [1.82, 2.24) is 20.6 Å². The van der Waals surface area contributed by atoms with Crippen molar-refractivity contribution < 1.29 is 0 Å². The van der Waals surface area contributed by atoms with E-state index in [2.05, 4.69) is 64.3 Å². The fraction of sp³-hybridized carbons (Fsp3) is 0.350. The molecule has 142 valence electrons. The largest absolute Gasteiger partial charge is 0.357 e. The number of nitrogens with one attached hydrogen (secondary N) is 2. The molecule has 7 heteroatoms. The molecule has 0 spiro atoms. The van der Waals surface area contributed by atoms with E-state index in [0.29, 0.717) is 19.0 Å². The first-order valence-corrected chi connectivity index (χ1v) is 10.9. The molecule has 0 saturated heterocycles. The van der Waals surface area contributed by atoms with Crippen LogP contribution >= 0.6 is 22.7 Å². The average molecular weight is 400 g/mol. The molecule has 0 unspecified atom stereocenters. The van der Waals surface area contributed by atoms with Gasteiger partial charge in [-0.1, -0.05) is 44.2 Å². The fourth-order valence-corrected chi connectivity index (χ4v) is 4.14. The van der Waals surface area contributed by atoms with Crippen LogP contribution in [0.15, 0.2) is 46.1 Å². The summed E-state index contributed by atoms with van der Waals surface area (Å²) in [6.45, 7) is 8.43. The quantitative estimate of drug-likeness (QED) is 0.449. The highest BCUT2D eigenvalue weighted by Gasteiger charge is 2.07. The highest BCUT2D eigenvalue weighted by molar-refractivity contribution is 7.13. The molecule has 2 aromatic heterocycles. The molecular weight excluding hydrogens is 374 g/mol. The second-order valence-corrected chi connectivity index (χ2v) is 8.18. The first-order chi connectivity index (χ1) is 13.2. The topological polar surface area (TPSA) is 62.2 Å². The SMILES string of the molecule is CCNC(=NCc1csc(-c2ccccc2)n1)NCc1nc(C(C)C)cs1. The molecule has 0 atom stereocenters. The smallest absolute Gasteiger partial charge is 0.191 e. The fourth-order valence-electron chi connectivity index (χ4n) is 2.43. The van der Waals surface area contributed by atoms with Crippen LogP contribution in [0.5, 0.6) is 0 Å². The second kappa shape index (κ2) is 9.62. The number of hydrogen-bond donors (Lipinski definition) is 2. The lowest BCUT2D eigenvalue weighted by molar-refractivity contribution is 0.787. The molecule has 0 aliphatic carbocycles. The van der Waals surface area contributed by atoms with Gasteiger partial charge in [0, 0.05) is 22.9 Å². The summed E-state index contributed by atoms with van der Waals surface area (Å²) in [6, 6.07) is 10.2. The van der Waals surface area contributed by atoms with Gasteiger partial charge in [-0.05, 0) is 12.8 Å². The Hall–Kier alpha value is -2.25. The summed E-state index contributed by atoms with van der Waals surface area (Å²) >= 11 is 3.34. The summed E-state index contributed by atoms with van der Waals surface area (Å²) < 4.78 is 0.